The second-order valence-corrected chi connectivity index (χ2v) is 5.55. The molecular weight excluding hydrogens is 208 g/mol. The van der Waals surface area contributed by atoms with E-state index in [0.29, 0.717) is 17.3 Å². The van der Waals surface area contributed by atoms with Crippen LogP contribution < -0.4 is 0 Å². The highest BCUT2D eigenvalue weighted by Crippen LogP contribution is 2.17. The second-order valence-electron chi connectivity index (χ2n) is 2.91. The summed E-state index contributed by atoms with van der Waals surface area (Å²) in [6.45, 7) is 1.54. The highest BCUT2D eigenvalue weighted by molar-refractivity contribution is 8.14. The minimum atomic E-state index is -0.661. The third-order valence-electron chi connectivity index (χ3n) is 1.99. The van der Waals surface area contributed by atoms with Crippen molar-refractivity contribution < 1.29 is 9.00 Å². The van der Waals surface area contributed by atoms with E-state index in [2.05, 4.69) is 9.89 Å². The van der Waals surface area contributed by atoms with Crippen LogP contribution in [0.15, 0.2) is 4.99 Å². The van der Waals surface area contributed by atoms with Crippen molar-refractivity contribution in [2.45, 2.75) is 0 Å². The summed E-state index contributed by atoms with van der Waals surface area (Å²) in [5, 5.41) is 0.821. The van der Waals surface area contributed by atoms with E-state index in [-0.39, 0.29) is 5.91 Å². The van der Waals surface area contributed by atoms with Gasteiger partial charge >= 0.3 is 0 Å². The van der Waals surface area contributed by atoms with Crippen LogP contribution >= 0.6 is 11.8 Å². The number of hydrogen-bond acceptors (Lipinski definition) is 4. The summed E-state index contributed by atoms with van der Waals surface area (Å²) in [6, 6.07) is 0. The molecule has 4 nitrogen and oxygen atoms in total. The lowest BCUT2D eigenvalue weighted by Crippen LogP contribution is -2.40. The van der Waals surface area contributed by atoms with E-state index in [4.69, 9.17) is 0 Å². The Morgan fingerprint density at radius 3 is 2.62 bits per heavy atom. The maximum atomic E-state index is 11.1. The summed E-state index contributed by atoms with van der Waals surface area (Å²) in [7, 11) is -0.661. The molecule has 72 valence electrons. The fourth-order valence-electron chi connectivity index (χ4n) is 1.29. The van der Waals surface area contributed by atoms with Gasteiger partial charge in [-0.25, -0.2) is 0 Å². The Kier molecular flexibility index (Phi) is 2.69. The van der Waals surface area contributed by atoms with Crippen molar-refractivity contribution in [2.24, 2.45) is 4.99 Å². The van der Waals surface area contributed by atoms with Gasteiger partial charge in [0, 0.05) is 35.4 Å². The molecule has 1 fully saturated rings. The summed E-state index contributed by atoms with van der Waals surface area (Å²) >= 11 is 1.49. The molecule has 0 aliphatic carbocycles. The van der Waals surface area contributed by atoms with Crippen LogP contribution in [-0.4, -0.2) is 50.5 Å². The van der Waals surface area contributed by atoms with Crippen LogP contribution in [0.2, 0.25) is 0 Å². The molecule has 2 aliphatic heterocycles. The molecule has 0 saturated carbocycles. The molecule has 0 atom stereocenters. The quantitative estimate of drug-likeness (QED) is 0.559. The zero-order chi connectivity index (χ0) is 9.26. The zero-order valence-electron chi connectivity index (χ0n) is 7.06. The van der Waals surface area contributed by atoms with Gasteiger partial charge in [0.25, 0.3) is 5.91 Å². The first kappa shape index (κ1) is 9.21. The number of amides is 1. The molecule has 0 unspecified atom stereocenters. The summed E-state index contributed by atoms with van der Waals surface area (Å²) < 4.78 is 11.1. The number of nitrogens with zero attached hydrogens (tertiary/aromatic N) is 2. The molecule has 0 radical (unpaired) electrons. The summed E-state index contributed by atoms with van der Waals surface area (Å²) in [4.78, 5) is 16.8. The third-order valence-corrected chi connectivity index (χ3v) is 4.27. The van der Waals surface area contributed by atoms with E-state index in [1.54, 1.807) is 0 Å². The van der Waals surface area contributed by atoms with E-state index in [1.165, 1.54) is 11.8 Å². The molecule has 0 aromatic heterocycles. The molecule has 1 saturated heterocycles. The van der Waals surface area contributed by atoms with E-state index < -0.39 is 10.8 Å². The molecule has 2 heterocycles. The number of thioether (sulfide) groups is 1. The van der Waals surface area contributed by atoms with Gasteiger partial charge in [-0.3, -0.25) is 9.00 Å². The van der Waals surface area contributed by atoms with Crippen molar-refractivity contribution in [2.75, 3.05) is 30.3 Å². The van der Waals surface area contributed by atoms with Gasteiger partial charge in [0.1, 0.15) is 0 Å². The van der Waals surface area contributed by atoms with Crippen molar-refractivity contribution in [1.82, 2.24) is 4.90 Å². The first-order chi connectivity index (χ1) is 6.25. The van der Waals surface area contributed by atoms with E-state index in [9.17, 15) is 9.00 Å². The first-order valence-electron chi connectivity index (χ1n) is 4.10. The van der Waals surface area contributed by atoms with Crippen LogP contribution in [0.25, 0.3) is 0 Å². The number of carbonyl (C=O) groups is 1. The number of rotatable bonds is 0. The number of aliphatic imine (C=N–C) groups is 1. The topological polar surface area (TPSA) is 49.7 Å². The molecule has 2 aliphatic rings. The maximum absolute atomic E-state index is 11.1. The highest BCUT2D eigenvalue weighted by Gasteiger charge is 2.23. The van der Waals surface area contributed by atoms with Gasteiger partial charge in [-0.2, -0.15) is 4.99 Å². The summed E-state index contributed by atoms with van der Waals surface area (Å²) in [5.74, 6) is 1.82. The summed E-state index contributed by atoms with van der Waals surface area (Å²) in [5.41, 5.74) is 0. The average molecular weight is 218 g/mol. The predicted molar refractivity (Wildman–Crippen MR) is 54.3 cm³/mol. The SMILES string of the molecule is O=C1CSC(N2CCS(=O)CC2)=N1. The Morgan fingerprint density at radius 2 is 2.08 bits per heavy atom. The minimum Gasteiger partial charge on any atom is -0.349 e. The number of hydrogen-bond donors (Lipinski definition) is 0. The average Bonchev–Trinajstić information content (AvgIpc) is 2.53. The van der Waals surface area contributed by atoms with Gasteiger partial charge in [-0.1, -0.05) is 11.8 Å². The molecule has 13 heavy (non-hydrogen) atoms. The maximum Gasteiger partial charge on any atom is 0.258 e. The Hall–Kier alpha value is -0.360. The van der Waals surface area contributed by atoms with Gasteiger partial charge in [0.05, 0.1) is 5.75 Å². The van der Waals surface area contributed by atoms with Crippen molar-refractivity contribution in [1.29, 1.82) is 0 Å². The van der Waals surface area contributed by atoms with Crippen LogP contribution in [-0.2, 0) is 15.6 Å². The van der Waals surface area contributed by atoms with Gasteiger partial charge in [0.15, 0.2) is 5.17 Å². The molecule has 0 bridgehead atoms. The fourth-order valence-corrected chi connectivity index (χ4v) is 3.19. The Morgan fingerprint density at radius 1 is 1.38 bits per heavy atom. The smallest absolute Gasteiger partial charge is 0.258 e. The van der Waals surface area contributed by atoms with Crippen molar-refractivity contribution >= 4 is 33.6 Å². The minimum absolute atomic E-state index is 0.0494. The number of amidine groups is 1. The lowest BCUT2D eigenvalue weighted by Gasteiger charge is -2.26. The lowest BCUT2D eigenvalue weighted by atomic mass is 10.5. The first-order valence-corrected chi connectivity index (χ1v) is 6.57. The molecule has 0 aromatic carbocycles. The van der Waals surface area contributed by atoms with Gasteiger partial charge < -0.3 is 4.90 Å². The van der Waals surface area contributed by atoms with Crippen molar-refractivity contribution in [3.05, 3.63) is 0 Å². The summed E-state index contributed by atoms with van der Waals surface area (Å²) in [6.07, 6.45) is 0. The lowest BCUT2D eigenvalue weighted by molar-refractivity contribution is -0.115. The molecule has 6 heteroatoms. The van der Waals surface area contributed by atoms with E-state index in [0.717, 1.165) is 18.3 Å². The van der Waals surface area contributed by atoms with Gasteiger partial charge in [0.2, 0.25) is 0 Å². The van der Waals surface area contributed by atoms with E-state index >= 15 is 0 Å². The van der Waals surface area contributed by atoms with Crippen LogP contribution in [0, 0.1) is 0 Å². The van der Waals surface area contributed by atoms with Crippen LogP contribution in [0.4, 0.5) is 0 Å². The Balaban J connectivity index is 1.98. The fraction of sp³-hybridized carbons (Fsp3) is 0.714. The van der Waals surface area contributed by atoms with Crippen LogP contribution in [0.3, 0.4) is 0 Å². The normalized spacial score (nSPS) is 25.1. The molecule has 2 rings (SSSR count). The standard InChI is InChI=1S/C7H10N2O2S2/c10-6-5-12-7(8-6)9-1-3-13(11)4-2-9/h1-5H2. The Labute approximate surface area is 83.2 Å². The predicted octanol–water partition coefficient (Wildman–Crippen LogP) is -0.320. The van der Waals surface area contributed by atoms with Crippen LogP contribution in [0.5, 0.6) is 0 Å². The molecular formula is C7H10N2O2S2. The molecule has 0 N–H and O–H groups in total. The third kappa shape index (κ3) is 2.11. The molecule has 0 spiro atoms. The van der Waals surface area contributed by atoms with Crippen molar-refractivity contribution in [3.63, 3.8) is 0 Å². The van der Waals surface area contributed by atoms with Gasteiger partial charge in [-0.15, -0.1) is 0 Å². The van der Waals surface area contributed by atoms with Crippen molar-refractivity contribution in [3.8, 4) is 0 Å². The van der Waals surface area contributed by atoms with Gasteiger partial charge in [-0.05, 0) is 0 Å². The molecule has 0 aromatic rings. The number of carbonyl (C=O) groups excluding carboxylic acids is 1. The van der Waals surface area contributed by atoms with Crippen LogP contribution in [0.1, 0.15) is 0 Å². The largest absolute Gasteiger partial charge is 0.349 e. The second kappa shape index (κ2) is 3.79. The Bertz CT molecular complexity index is 280. The highest BCUT2D eigenvalue weighted by atomic mass is 32.2. The molecule has 1 amide bonds. The monoisotopic (exact) mass is 218 g/mol. The zero-order valence-corrected chi connectivity index (χ0v) is 8.70. The van der Waals surface area contributed by atoms with E-state index in [1.807, 2.05) is 0 Å².